The maximum absolute atomic E-state index is 12.8. The van der Waals surface area contributed by atoms with Crippen LogP contribution in [0.1, 0.15) is 78.5 Å². The summed E-state index contributed by atoms with van der Waals surface area (Å²) >= 11 is 0. The van der Waals surface area contributed by atoms with Gasteiger partial charge in [-0.1, -0.05) is 55.8 Å². The number of nitrogens with one attached hydrogen (secondary N) is 1. The summed E-state index contributed by atoms with van der Waals surface area (Å²) in [6, 6.07) is 15.3. The normalized spacial score (nSPS) is 11.4. The number of hydrogen-bond donors (Lipinski definition) is 2. The molecule has 0 aliphatic carbocycles. The van der Waals surface area contributed by atoms with Gasteiger partial charge in [0.05, 0.1) is 17.9 Å². The second kappa shape index (κ2) is 11.3. The highest BCUT2D eigenvalue weighted by Gasteiger charge is 2.23. The van der Waals surface area contributed by atoms with Crippen LogP contribution in [0.3, 0.4) is 0 Å². The monoisotopic (exact) mass is 477 g/mol. The van der Waals surface area contributed by atoms with Gasteiger partial charge in [-0.3, -0.25) is 4.79 Å². The number of aromatic nitrogens is 2. The predicted molar refractivity (Wildman–Crippen MR) is 136 cm³/mol. The fourth-order valence-electron chi connectivity index (χ4n) is 3.95. The molecule has 1 heterocycles. The van der Waals surface area contributed by atoms with E-state index in [9.17, 15) is 14.7 Å². The van der Waals surface area contributed by atoms with Crippen molar-refractivity contribution in [2.75, 3.05) is 7.05 Å². The smallest absolute Gasteiger partial charge is 0.339 e. The Hall–Kier alpha value is -3.45. The molecule has 0 bridgehead atoms. The first-order chi connectivity index (χ1) is 16.7. The van der Waals surface area contributed by atoms with Gasteiger partial charge in [0, 0.05) is 20.0 Å². The van der Waals surface area contributed by atoms with Crippen molar-refractivity contribution in [1.82, 2.24) is 14.9 Å². The Kier molecular flexibility index (Phi) is 8.46. The topological polar surface area (TPSA) is 93.5 Å². The highest BCUT2D eigenvalue weighted by Crippen LogP contribution is 2.27. The Bertz CT molecular complexity index is 1170. The molecule has 0 radical (unpaired) electrons. The van der Waals surface area contributed by atoms with Gasteiger partial charge in [-0.15, -0.1) is 0 Å². The molecule has 0 saturated carbocycles. The van der Waals surface area contributed by atoms with Crippen LogP contribution in [-0.4, -0.2) is 39.2 Å². The summed E-state index contributed by atoms with van der Waals surface area (Å²) in [5.41, 5.74) is 3.39. The SMILES string of the molecule is CCCCc1nc(CO)c(C(=O)NC)n1Cc1ccc(-c2ccccc2C(=O)OC(C)(C)C)cc1. The second-order valence-electron chi connectivity index (χ2n) is 9.49. The molecule has 0 fully saturated rings. The third kappa shape index (κ3) is 6.36. The molecule has 186 valence electrons. The van der Waals surface area contributed by atoms with Crippen LogP contribution in [0.2, 0.25) is 0 Å². The first-order valence-electron chi connectivity index (χ1n) is 12.0. The number of benzene rings is 2. The lowest BCUT2D eigenvalue weighted by Gasteiger charge is -2.20. The van der Waals surface area contributed by atoms with Crippen molar-refractivity contribution in [3.63, 3.8) is 0 Å². The zero-order chi connectivity index (χ0) is 25.6. The van der Waals surface area contributed by atoms with Gasteiger partial charge in [0.2, 0.25) is 0 Å². The molecule has 35 heavy (non-hydrogen) atoms. The van der Waals surface area contributed by atoms with Crippen LogP contribution >= 0.6 is 0 Å². The molecule has 0 aliphatic rings. The van der Waals surface area contributed by atoms with Crippen molar-refractivity contribution in [1.29, 1.82) is 0 Å². The minimum Gasteiger partial charge on any atom is -0.456 e. The third-order valence-electron chi connectivity index (χ3n) is 5.62. The van der Waals surface area contributed by atoms with E-state index in [1.54, 1.807) is 13.1 Å². The number of esters is 1. The van der Waals surface area contributed by atoms with Gasteiger partial charge in [-0.2, -0.15) is 0 Å². The number of carbonyl (C=O) groups excluding carboxylic acids is 2. The van der Waals surface area contributed by atoms with Crippen LogP contribution in [0.4, 0.5) is 0 Å². The fourth-order valence-corrected chi connectivity index (χ4v) is 3.95. The number of rotatable bonds is 9. The number of aliphatic hydroxyl groups excluding tert-OH is 1. The third-order valence-corrected chi connectivity index (χ3v) is 5.62. The number of nitrogens with zero attached hydrogens (tertiary/aromatic N) is 2. The lowest BCUT2D eigenvalue weighted by Crippen LogP contribution is -2.24. The molecular weight excluding hydrogens is 442 g/mol. The van der Waals surface area contributed by atoms with E-state index in [-0.39, 0.29) is 18.5 Å². The quantitative estimate of drug-likeness (QED) is 0.434. The molecule has 1 aromatic heterocycles. The van der Waals surface area contributed by atoms with Gasteiger partial charge in [0.15, 0.2) is 0 Å². The van der Waals surface area contributed by atoms with Gasteiger partial charge >= 0.3 is 5.97 Å². The number of imidazole rings is 1. The molecule has 3 rings (SSSR count). The molecule has 7 heteroatoms. The summed E-state index contributed by atoms with van der Waals surface area (Å²) in [6.07, 6.45) is 2.67. The number of carbonyl (C=O) groups is 2. The average Bonchev–Trinajstić information content (AvgIpc) is 3.18. The van der Waals surface area contributed by atoms with Crippen LogP contribution < -0.4 is 5.32 Å². The first-order valence-corrected chi connectivity index (χ1v) is 12.0. The van der Waals surface area contributed by atoms with Crippen LogP contribution in [0.5, 0.6) is 0 Å². The number of ether oxygens (including phenoxy) is 1. The molecule has 0 saturated heterocycles. The molecule has 2 N–H and O–H groups in total. The van der Waals surface area contributed by atoms with Crippen LogP contribution in [0.15, 0.2) is 48.5 Å². The number of aryl methyl sites for hydroxylation is 1. The summed E-state index contributed by atoms with van der Waals surface area (Å²) in [4.78, 5) is 29.9. The van der Waals surface area contributed by atoms with Crippen molar-refractivity contribution >= 4 is 11.9 Å². The van der Waals surface area contributed by atoms with Crippen LogP contribution in [-0.2, 0) is 24.3 Å². The molecular formula is C28H35N3O4. The van der Waals surface area contributed by atoms with E-state index in [1.807, 2.05) is 67.8 Å². The molecule has 1 amide bonds. The number of amides is 1. The van der Waals surface area contributed by atoms with Crippen LogP contribution in [0.25, 0.3) is 11.1 Å². The predicted octanol–water partition coefficient (Wildman–Crippen LogP) is 4.75. The summed E-state index contributed by atoms with van der Waals surface area (Å²) in [5, 5.41) is 12.5. The van der Waals surface area contributed by atoms with Gasteiger partial charge in [0.25, 0.3) is 5.91 Å². The maximum Gasteiger partial charge on any atom is 0.339 e. The van der Waals surface area contributed by atoms with Crippen molar-refractivity contribution in [2.24, 2.45) is 0 Å². The lowest BCUT2D eigenvalue weighted by atomic mass is 9.98. The Morgan fingerprint density at radius 2 is 1.77 bits per heavy atom. The molecule has 0 atom stereocenters. The number of unbranched alkanes of at least 4 members (excludes halogenated alkanes) is 1. The largest absolute Gasteiger partial charge is 0.456 e. The Balaban J connectivity index is 1.94. The van der Waals surface area contributed by atoms with Crippen molar-refractivity contribution in [2.45, 2.75) is 65.7 Å². The molecule has 7 nitrogen and oxygen atoms in total. The molecule has 3 aromatic rings. The zero-order valence-corrected chi connectivity index (χ0v) is 21.2. The van der Waals surface area contributed by atoms with Crippen molar-refractivity contribution in [3.05, 3.63) is 76.9 Å². The summed E-state index contributed by atoms with van der Waals surface area (Å²) in [7, 11) is 1.57. The second-order valence-corrected chi connectivity index (χ2v) is 9.49. The Labute approximate surface area is 207 Å². The highest BCUT2D eigenvalue weighted by molar-refractivity contribution is 5.97. The average molecular weight is 478 g/mol. The van der Waals surface area contributed by atoms with Gasteiger partial charge in [-0.25, -0.2) is 9.78 Å². The van der Waals surface area contributed by atoms with E-state index >= 15 is 0 Å². The van der Waals surface area contributed by atoms with E-state index in [1.165, 1.54) is 0 Å². The van der Waals surface area contributed by atoms with Gasteiger partial charge in [0.1, 0.15) is 17.1 Å². The van der Waals surface area contributed by atoms with E-state index in [0.717, 1.165) is 41.8 Å². The van der Waals surface area contributed by atoms with Crippen molar-refractivity contribution < 1.29 is 19.4 Å². The number of aliphatic hydroxyl groups is 1. The van der Waals surface area contributed by atoms with Crippen molar-refractivity contribution in [3.8, 4) is 11.1 Å². The summed E-state index contributed by atoms with van der Waals surface area (Å²) < 4.78 is 7.48. The van der Waals surface area contributed by atoms with Gasteiger partial charge in [-0.05, 0) is 49.9 Å². The minimum atomic E-state index is -0.579. The Morgan fingerprint density at radius 1 is 1.09 bits per heavy atom. The van der Waals surface area contributed by atoms with E-state index in [4.69, 9.17) is 4.74 Å². The lowest BCUT2D eigenvalue weighted by molar-refractivity contribution is 0.00703. The summed E-state index contributed by atoms with van der Waals surface area (Å²) in [6.45, 7) is 7.80. The van der Waals surface area contributed by atoms with Gasteiger partial charge < -0.3 is 19.7 Å². The zero-order valence-electron chi connectivity index (χ0n) is 21.2. The fraction of sp³-hybridized carbons (Fsp3) is 0.393. The van der Waals surface area contributed by atoms with Crippen LogP contribution in [0, 0.1) is 0 Å². The number of hydrogen-bond acceptors (Lipinski definition) is 5. The minimum absolute atomic E-state index is 0.271. The van der Waals surface area contributed by atoms with E-state index in [2.05, 4.69) is 17.2 Å². The summed E-state index contributed by atoms with van der Waals surface area (Å²) in [5.74, 6) is 0.156. The molecule has 2 aromatic carbocycles. The van der Waals surface area contributed by atoms with E-state index < -0.39 is 5.60 Å². The molecule has 0 unspecified atom stereocenters. The maximum atomic E-state index is 12.8. The first kappa shape index (κ1) is 26.2. The Morgan fingerprint density at radius 3 is 2.37 bits per heavy atom. The van der Waals surface area contributed by atoms with E-state index in [0.29, 0.717) is 23.5 Å². The highest BCUT2D eigenvalue weighted by atomic mass is 16.6. The standard InChI is InChI=1S/C28H35N3O4/c1-6-7-12-24-30-23(18-32)25(26(33)29-5)31(24)17-19-13-15-20(16-14-19)21-10-8-9-11-22(21)27(34)35-28(2,3)4/h8-11,13-16,32H,6-7,12,17-18H2,1-5H3,(H,29,33). The molecule has 0 spiro atoms. The molecule has 0 aliphatic heterocycles.